The quantitative estimate of drug-likeness (QED) is 0.169. The van der Waals surface area contributed by atoms with Crippen LogP contribution in [0.4, 0.5) is 16.2 Å². The summed E-state index contributed by atoms with van der Waals surface area (Å²) in [7, 11) is 3.09. The number of nitro groups is 1. The number of hydrogen-bond donors (Lipinski definition) is 0. The Kier molecular flexibility index (Phi) is 8.69. The molecule has 3 heterocycles. The van der Waals surface area contributed by atoms with E-state index in [-0.39, 0.29) is 29.9 Å². The third-order valence-corrected chi connectivity index (χ3v) is 6.59. The molecule has 0 spiro atoms. The Balaban J connectivity index is 1.45. The van der Waals surface area contributed by atoms with Crippen molar-refractivity contribution in [1.82, 2.24) is 20.0 Å². The molecule has 0 amide bonds. The lowest BCUT2D eigenvalue weighted by atomic mass is 9.94. The highest BCUT2D eigenvalue weighted by Crippen LogP contribution is 2.30. The summed E-state index contributed by atoms with van der Waals surface area (Å²) in [5, 5.41) is 19.1. The van der Waals surface area contributed by atoms with Crippen molar-refractivity contribution >= 4 is 23.5 Å². The van der Waals surface area contributed by atoms with E-state index in [1.165, 1.54) is 36.1 Å². The van der Waals surface area contributed by atoms with Crippen molar-refractivity contribution in [3.63, 3.8) is 0 Å². The summed E-state index contributed by atoms with van der Waals surface area (Å²) in [6.45, 7) is 3.49. The highest BCUT2D eigenvalue weighted by Gasteiger charge is 2.25. The number of nitrogens with zero attached hydrogens (tertiary/aromatic N) is 6. The minimum absolute atomic E-state index is 0.116. The lowest BCUT2D eigenvalue weighted by Crippen LogP contribution is -2.37. The van der Waals surface area contributed by atoms with Crippen molar-refractivity contribution in [3.05, 3.63) is 57.9 Å². The number of carbonyl (C=O) groups excluding carboxylic acids is 2. The van der Waals surface area contributed by atoms with Gasteiger partial charge in [0.25, 0.3) is 5.69 Å². The Morgan fingerprint density at radius 3 is 2.64 bits per heavy atom. The van der Waals surface area contributed by atoms with Crippen LogP contribution in [0.5, 0.6) is 5.75 Å². The van der Waals surface area contributed by atoms with Crippen LogP contribution in [-0.2, 0) is 34.3 Å². The van der Waals surface area contributed by atoms with Crippen LogP contribution < -0.4 is 9.64 Å². The largest absolute Gasteiger partial charge is 0.514 e. The summed E-state index contributed by atoms with van der Waals surface area (Å²) in [6.07, 6.45) is 2.08. The summed E-state index contributed by atoms with van der Waals surface area (Å²) < 4.78 is 16.7. The first-order valence-electron chi connectivity index (χ1n) is 12.6. The molecule has 0 N–H and O–H groups in total. The van der Waals surface area contributed by atoms with Gasteiger partial charge in [0.15, 0.2) is 0 Å². The van der Waals surface area contributed by atoms with Gasteiger partial charge in [0, 0.05) is 38.7 Å². The minimum Gasteiger partial charge on any atom is -0.469 e. The normalized spacial score (nSPS) is 15.1. The van der Waals surface area contributed by atoms with Crippen molar-refractivity contribution in [2.45, 2.75) is 39.2 Å². The van der Waals surface area contributed by atoms with Gasteiger partial charge in [-0.2, -0.15) is 0 Å². The maximum absolute atomic E-state index is 12.2. The van der Waals surface area contributed by atoms with Crippen LogP contribution in [0.15, 0.2) is 36.4 Å². The average Bonchev–Trinajstić information content (AvgIpc) is 3.31. The average molecular weight is 539 g/mol. The van der Waals surface area contributed by atoms with Crippen LogP contribution in [0.2, 0.25) is 0 Å². The standard InChI is InChI=1S/C26H30N6O7/c1-4-20-22(31-13-5-6-17(15-31)14-24(33)37-3)12-11-21(27-20)25-23(30(2)29-28-25)16-38-26(34)39-19-9-7-18(8-10-19)32(35)36/h7-12,17H,4-6,13-16H2,1-3H3/t17-/m1/s1. The molecule has 0 radical (unpaired) electrons. The first-order valence-corrected chi connectivity index (χ1v) is 12.6. The van der Waals surface area contributed by atoms with E-state index in [0.29, 0.717) is 29.9 Å². The first kappa shape index (κ1) is 27.5. The third-order valence-electron chi connectivity index (χ3n) is 6.59. The molecule has 39 heavy (non-hydrogen) atoms. The number of piperidine rings is 1. The predicted octanol–water partition coefficient (Wildman–Crippen LogP) is 3.84. The molecule has 1 aliphatic rings. The fourth-order valence-corrected chi connectivity index (χ4v) is 4.57. The third kappa shape index (κ3) is 6.67. The second-order valence-electron chi connectivity index (χ2n) is 9.15. The van der Waals surface area contributed by atoms with E-state index in [1.807, 2.05) is 19.1 Å². The molecule has 1 aromatic carbocycles. The summed E-state index contributed by atoms with van der Waals surface area (Å²) in [5.74, 6) is 0.149. The summed E-state index contributed by atoms with van der Waals surface area (Å²) in [5.41, 5.74) is 3.38. The van der Waals surface area contributed by atoms with Gasteiger partial charge in [0.1, 0.15) is 23.7 Å². The number of aromatic nitrogens is 4. The number of rotatable bonds is 9. The van der Waals surface area contributed by atoms with Crippen molar-refractivity contribution in [2.24, 2.45) is 13.0 Å². The number of anilines is 1. The molecular weight excluding hydrogens is 508 g/mol. The zero-order valence-corrected chi connectivity index (χ0v) is 22.0. The van der Waals surface area contributed by atoms with Gasteiger partial charge in [-0.05, 0) is 49.4 Å². The molecule has 1 fully saturated rings. The highest BCUT2D eigenvalue weighted by atomic mass is 16.7. The van der Waals surface area contributed by atoms with E-state index in [0.717, 1.165) is 37.3 Å². The number of carbonyl (C=O) groups is 2. The van der Waals surface area contributed by atoms with E-state index in [4.69, 9.17) is 19.2 Å². The van der Waals surface area contributed by atoms with Gasteiger partial charge in [0.2, 0.25) is 0 Å². The molecule has 0 bridgehead atoms. The fourth-order valence-electron chi connectivity index (χ4n) is 4.57. The molecule has 4 rings (SSSR count). The van der Waals surface area contributed by atoms with Gasteiger partial charge in [0.05, 0.1) is 29.1 Å². The van der Waals surface area contributed by atoms with E-state index in [1.54, 1.807) is 7.05 Å². The Morgan fingerprint density at radius 2 is 1.95 bits per heavy atom. The number of nitro benzene ring substituents is 1. The molecule has 1 atom stereocenters. The van der Waals surface area contributed by atoms with Crippen LogP contribution in [-0.4, -0.2) is 57.2 Å². The number of ether oxygens (including phenoxy) is 3. The second kappa shape index (κ2) is 12.3. The molecule has 13 heteroatoms. The maximum atomic E-state index is 12.2. The number of hydrogen-bond acceptors (Lipinski definition) is 11. The molecular formula is C26H30N6O7. The van der Waals surface area contributed by atoms with Crippen molar-refractivity contribution in [1.29, 1.82) is 0 Å². The van der Waals surface area contributed by atoms with E-state index >= 15 is 0 Å². The number of pyridine rings is 1. The molecule has 0 unspecified atom stereocenters. The summed E-state index contributed by atoms with van der Waals surface area (Å²) in [6, 6.07) is 8.96. The van der Waals surface area contributed by atoms with Gasteiger partial charge in [-0.3, -0.25) is 14.9 Å². The van der Waals surface area contributed by atoms with Gasteiger partial charge in [-0.1, -0.05) is 12.1 Å². The molecule has 13 nitrogen and oxygen atoms in total. The lowest BCUT2D eigenvalue weighted by Gasteiger charge is -2.35. The Hall–Kier alpha value is -4.55. The smallest absolute Gasteiger partial charge is 0.469 e. The molecule has 0 aliphatic carbocycles. The topological polar surface area (TPSA) is 152 Å². The SMILES string of the molecule is CCc1nc(-c2nnn(C)c2COC(=O)Oc2ccc([N+](=O)[O-])cc2)ccc1N1CCC[C@H](CC(=O)OC)C1. The second-order valence-corrected chi connectivity index (χ2v) is 9.15. The van der Waals surface area contributed by atoms with Crippen LogP contribution in [0.3, 0.4) is 0 Å². The first-order chi connectivity index (χ1) is 18.8. The summed E-state index contributed by atoms with van der Waals surface area (Å²) >= 11 is 0. The van der Waals surface area contributed by atoms with Crippen molar-refractivity contribution < 1.29 is 28.7 Å². The van der Waals surface area contributed by atoms with E-state index in [2.05, 4.69) is 15.2 Å². The monoisotopic (exact) mass is 538 g/mol. The van der Waals surface area contributed by atoms with Crippen LogP contribution in [0.25, 0.3) is 11.4 Å². The zero-order valence-electron chi connectivity index (χ0n) is 22.0. The Morgan fingerprint density at radius 1 is 1.18 bits per heavy atom. The van der Waals surface area contributed by atoms with Gasteiger partial charge < -0.3 is 19.1 Å². The molecule has 3 aromatic rings. The molecule has 2 aromatic heterocycles. The maximum Gasteiger partial charge on any atom is 0.514 e. The van der Waals surface area contributed by atoms with Crippen LogP contribution >= 0.6 is 0 Å². The van der Waals surface area contributed by atoms with Gasteiger partial charge in [-0.25, -0.2) is 14.5 Å². The van der Waals surface area contributed by atoms with Crippen LogP contribution in [0, 0.1) is 16.0 Å². The van der Waals surface area contributed by atoms with E-state index < -0.39 is 11.1 Å². The van der Waals surface area contributed by atoms with Crippen LogP contribution in [0.1, 0.15) is 37.6 Å². The molecule has 0 saturated carbocycles. The summed E-state index contributed by atoms with van der Waals surface area (Å²) in [4.78, 5) is 41.4. The van der Waals surface area contributed by atoms with Crippen molar-refractivity contribution in [2.75, 3.05) is 25.1 Å². The highest BCUT2D eigenvalue weighted by molar-refractivity contribution is 5.70. The number of non-ortho nitro benzene ring substituents is 1. The fraction of sp³-hybridized carbons (Fsp3) is 0.423. The molecule has 1 aliphatic heterocycles. The predicted molar refractivity (Wildman–Crippen MR) is 139 cm³/mol. The number of aryl methyl sites for hydroxylation is 2. The zero-order chi connectivity index (χ0) is 27.9. The molecule has 206 valence electrons. The number of benzene rings is 1. The van der Waals surface area contributed by atoms with Gasteiger partial charge in [-0.15, -0.1) is 5.10 Å². The number of methoxy groups -OCH3 is 1. The van der Waals surface area contributed by atoms with Gasteiger partial charge >= 0.3 is 12.1 Å². The Bertz CT molecular complexity index is 1340. The molecule has 1 saturated heterocycles. The minimum atomic E-state index is -0.972. The van der Waals surface area contributed by atoms with E-state index in [9.17, 15) is 19.7 Å². The number of esters is 1. The van der Waals surface area contributed by atoms with Crippen molar-refractivity contribution in [3.8, 4) is 17.1 Å². The Labute approximate surface area is 224 Å². The lowest BCUT2D eigenvalue weighted by molar-refractivity contribution is -0.384.